The van der Waals surface area contributed by atoms with Gasteiger partial charge in [0.2, 0.25) is 0 Å². The summed E-state index contributed by atoms with van der Waals surface area (Å²) in [6.07, 6.45) is 1.90. The third kappa shape index (κ3) is 2.19. The second kappa shape index (κ2) is 5.44. The molecule has 20 heavy (non-hydrogen) atoms. The molecule has 1 amide bonds. The summed E-state index contributed by atoms with van der Waals surface area (Å²) in [5.41, 5.74) is -0.698. The van der Waals surface area contributed by atoms with Gasteiger partial charge in [0.1, 0.15) is 5.54 Å². The Balaban J connectivity index is 2.31. The molecule has 7 heteroatoms. The Morgan fingerprint density at radius 3 is 2.70 bits per heavy atom. The van der Waals surface area contributed by atoms with Crippen LogP contribution in [0.3, 0.4) is 0 Å². The van der Waals surface area contributed by atoms with Crippen molar-refractivity contribution in [2.75, 3.05) is 18.5 Å². The van der Waals surface area contributed by atoms with Gasteiger partial charge in [-0.3, -0.25) is 4.79 Å². The van der Waals surface area contributed by atoms with E-state index in [4.69, 9.17) is 0 Å². The highest BCUT2D eigenvalue weighted by molar-refractivity contribution is 5.92. The zero-order chi connectivity index (χ0) is 14.8. The Morgan fingerprint density at radius 1 is 1.45 bits per heavy atom. The molecule has 0 spiro atoms. The molecule has 1 aliphatic heterocycles. The normalized spacial score (nSPS) is 21.8. The van der Waals surface area contributed by atoms with E-state index in [1.165, 1.54) is 7.05 Å². The molecule has 1 saturated heterocycles. The molecule has 0 aromatic carbocycles. The van der Waals surface area contributed by atoms with Crippen LogP contribution < -0.4 is 10.2 Å². The van der Waals surface area contributed by atoms with Crippen LogP contribution in [0.4, 0.5) is 5.82 Å². The van der Waals surface area contributed by atoms with Crippen LogP contribution >= 0.6 is 0 Å². The molecule has 0 bridgehead atoms. The van der Waals surface area contributed by atoms with Crippen molar-refractivity contribution >= 4 is 17.7 Å². The molecule has 1 aliphatic rings. The van der Waals surface area contributed by atoms with Gasteiger partial charge in [-0.05, 0) is 31.4 Å². The van der Waals surface area contributed by atoms with Crippen LogP contribution in [0.2, 0.25) is 0 Å². The van der Waals surface area contributed by atoms with E-state index in [1.807, 2.05) is 6.92 Å². The molecule has 1 aromatic rings. The van der Waals surface area contributed by atoms with Gasteiger partial charge in [0.15, 0.2) is 11.5 Å². The van der Waals surface area contributed by atoms with Gasteiger partial charge in [-0.1, -0.05) is 6.92 Å². The number of aromatic nitrogens is 2. The number of anilines is 1. The summed E-state index contributed by atoms with van der Waals surface area (Å²) in [4.78, 5) is 24.8. The summed E-state index contributed by atoms with van der Waals surface area (Å²) in [6.45, 7) is 2.49. The fraction of sp³-hybridized carbons (Fsp3) is 0.538. The molecule has 108 valence electrons. The average Bonchev–Trinajstić information content (AvgIpc) is 2.91. The number of nitrogens with zero attached hydrogens (tertiary/aromatic N) is 3. The number of amides is 1. The summed E-state index contributed by atoms with van der Waals surface area (Å²) < 4.78 is 0. The molecule has 2 N–H and O–H groups in total. The molecule has 0 radical (unpaired) electrons. The highest BCUT2D eigenvalue weighted by atomic mass is 16.4. The Labute approximate surface area is 117 Å². The summed E-state index contributed by atoms with van der Waals surface area (Å²) in [5, 5.41) is 19.9. The number of hydrogen-bond acceptors (Lipinski definition) is 5. The van der Waals surface area contributed by atoms with Crippen LogP contribution in [0.15, 0.2) is 12.1 Å². The van der Waals surface area contributed by atoms with E-state index in [-0.39, 0.29) is 11.6 Å². The third-order valence-corrected chi connectivity index (χ3v) is 3.86. The second-order valence-corrected chi connectivity index (χ2v) is 4.80. The van der Waals surface area contributed by atoms with E-state index in [2.05, 4.69) is 15.5 Å². The molecule has 1 atom stereocenters. The number of hydrogen-bond donors (Lipinski definition) is 2. The van der Waals surface area contributed by atoms with E-state index >= 15 is 0 Å². The van der Waals surface area contributed by atoms with Crippen molar-refractivity contribution in [3.05, 3.63) is 17.8 Å². The molecule has 2 heterocycles. The van der Waals surface area contributed by atoms with Gasteiger partial charge in [-0.2, -0.15) is 0 Å². The first-order valence-electron chi connectivity index (χ1n) is 6.62. The summed E-state index contributed by atoms with van der Waals surface area (Å²) in [6, 6.07) is 3.21. The standard InChI is InChI=1S/C13H18N4O3/c1-3-13(12(19)20)7-4-8-17(13)10-6-5-9(15-16-10)11(18)14-2/h5-6H,3-4,7-8H2,1-2H3,(H,14,18)(H,19,20). The van der Waals surface area contributed by atoms with Crippen molar-refractivity contribution in [1.82, 2.24) is 15.5 Å². The van der Waals surface area contributed by atoms with Crippen LogP contribution in [0.5, 0.6) is 0 Å². The quantitative estimate of drug-likeness (QED) is 0.840. The number of carboxylic acids is 1. The minimum Gasteiger partial charge on any atom is -0.479 e. The highest BCUT2D eigenvalue weighted by Gasteiger charge is 2.47. The number of rotatable bonds is 4. The SMILES string of the molecule is CCC1(C(=O)O)CCCN1c1ccc(C(=O)NC)nn1. The van der Waals surface area contributed by atoms with Gasteiger partial charge in [0, 0.05) is 13.6 Å². The predicted octanol–water partition coefficient (Wildman–Crippen LogP) is 0.670. The van der Waals surface area contributed by atoms with Gasteiger partial charge in [0.25, 0.3) is 5.91 Å². The van der Waals surface area contributed by atoms with Crippen molar-refractivity contribution < 1.29 is 14.7 Å². The Kier molecular flexibility index (Phi) is 3.87. The first-order chi connectivity index (χ1) is 9.55. The summed E-state index contributed by atoms with van der Waals surface area (Å²) >= 11 is 0. The predicted molar refractivity (Wildman–Crippen MR) is 72.7 cm³/mol. The fourth-order valence-electron chi connectivity index (χ4n) is 2.67. The molecule has 1 fully saturated rings. The number of carbonyl (C=O) groups excluding carboxylic acids is 1. The average molecular weight is 278 g/mol. The second-order valence-electron chi connectivity index (χ2n) is 4.80. The highest BCUT2D eigenvalue weighted by Crippen LogP contribution is 2.35. The first kappa shape index (κ1) is 14.2. The van der Waals surface area contributed by atoms with Crippen molar-refractivity contribution in [2.24, 2.45) is 0 Å². The van der Waals surface area contributed by atoms with Crippen LogP contribution in [-0.2, 0) is 4.79 Å². The Hall–Kier alpha value is -2.18. The van der Waals surface area contributed by atoms with E-state index in [9.17, 15) is 14.7 Å². The van der Waals surface area contributed by atoms with Crippen LogP contribution in [0.1, 0.15) is 36.7 Å². The number of carboxylic acid groups (broad SMARTS) is 1. The van der Waals surface area contributed by atoms with E-state index < -0.39 is 11.5 Å². The lowest BCUT2D eigenvalue weighted by Crippen LogP contribution is -2.50. The maximum Gasteiger partial charge on any atom is 0.329 e. The Bertz CT molecular complexity index is 517. The van der Waals surface area contributed by atoms with Gasteiger partial charge < -0.3 is 15.3 Å². The maximum atomic E-state index is 11.6. The molecular formula is C13H18N4O3. The van der Waals surface area contributed by atoms with Crippen molar-refractivity contribution in [2.45, 2.75) is 31.7 Å². The molecule has 1 aromatic heterocycles. The molecule has 2 rings (SSSR count). The van der Waals surface area contributed by atoms with Crippen molar-refractivity contribution in [3.8, 4) is 0 Å². The van der Waals surface area contributed by atoms with Gasteiger partial charge in [0.05, 0.1) is 0 Å². The topological polar surface area (TPSA) is 95.4 Å². The minimum atomic E-state index is -0.913. The molecule has 7 nitrogen and oxygen atoms in total. The Morgan fingerprint density at radius 2 is 2.20 bits per heavy atom. The summed E-state index contributed by atoms with van der Waals surface area (Å²) in [7, 11) is 1.52. The van der Waals surface area contributed by atoms with Crippen LogP contribution in [0.25, 0.3) is 0 Å². The van der Waals surface area contributed by atoms with Gasteiger partial charge in [-0.15, -0.1) is 10.2 Å². The molecule has 0 saturated carbocycles. The number of carbonyl (C=O) groups is 2. The maximum absolute atomic E-state index is 11.6. The van der Waals surface area contributed by atoms with E-state index in [0.717, 1.165) is 6.42 Å². The zero-order valence-corrected chi connectivity index (χ0v) is 11.6. The summed E-state index contributed by atoms with van der Waals surface area (Å²) in [5.74, 6) is -0.653. The van der Waals surface area contributed by atoms with Crippen LogP contribution in [-0.4, -0.2) is 46.3 Å². The minimum absolute atomic E-state index is 0.216. The van der Waals surface area contributed by atoms with E-state index in [1.54, 1.807) is 17.0 Å². The van der Waals surface area contributed by atoms with E-state index in [0.29, 0.717) is 25.2 Å². The zero-order valence-electron chi connectivity index (χ0n) is 11.6. The molecule has 0 aliphatic carbocycles. The fourth-order valence-corrected chi connectivity index (χ4v) is 2.67. The molecular weight excluding hydrogens is 260 g/mol. The lowest BCUT2D eigenvalue weighted by Gasteiger charge is -2.34. The van der Waals surface area contributed by atoms with Gasteiger partial charge in [-0.25, -0.2) is 4.79 Å². The monoisotopic (exact) mass is 278 g/mol. The largest absolute Gasteiger partial charge is 0.479 e. The number of nitrogens with one attached hydrogen (secondary N) is 1. The van der Waals surface area contributed by atoms with Crippen LogP contribution in [0, 0.1) is 0 Å². The first-order valence-corrected chi connectivity index (χ1v) is 6.62. The van der Waals surface area contributed by atoms with Crippen molar-refractivity contribution in [1.29, 1.82) is 0 Å². The smallest absolute Gasteiger partial charge is 0.329 e. The number of aliphatic carboxylic acids is 1. The van der Waals surface area contributed by atoms with Crippen molar-refractivity contribution in [3.63, 3.8) is 0 Å². The lowest BCUT2D eigenvalue weighted by molar-refractivity contribution is -0.143. The molecule has 1 unspecified atom stereocenters. The van der Waals surface area contributed by atoms with Gasteiger partial charge >= 0.3 is 5.97 Å². The lowest BCUT2D eigenvalue weighted by atomic mass is 9.93. The third-order valence-electron chi connectivity index (χ3n) is 3.86.